The second kappa shape index (κ2) is 8.97. The van der Waals surface area contributed by atoms with E-state index in [-0.39, 0.29) is 11.3 Å². The number of hydrogen-bond acceptors (Lipinski definition) is 5. The average molecular weight is 398 g/mol. The van der Waals surface area contributed by atoms with Crippen molar-refractivity contribution in [3.63, 3.8) is 0 Å². The lowest BCUT2D eigenvalue weighted by molar-refractivity contribution is -0.123. The van der Waals surface area contributed by atoms with E-state index in [1.165, 1.54) is 0 Å². The minimum absolute atomic E-state index is 0.0386. The number of para-hydroxylation sites is 1. The topological polar surface area (TPSA) is 70.2 Å². The highest BCUT2D eigenvalue weighted by molar-refractivity contribution is 5.90. The van der Waals surface area contributed by atoms with Crippen molar-refractivity contribution in [3.05, 3.63) is 24.3 Å². The molecule has 0 radical (unpaired) electrons. The van der Waals surface area contributed by atoms with Crippen molar-refractivity contribution in [2.24, 2.45) is 11.3 Å². The van der Waals surface area contributed by atoms with E-state index in [4.69, 9.17) is 9.97 Å². The zero-order valence-corrected chi connectivity index (χ0v) is 18.5. The summed E-state index contributed by atoms with van der Waals surface area (Å²) in [6, 6.07) is 8.51. The molecule has 1 aliphatic rings. The van der Waals surface area contributed by atoms with Crippen LogP contribution >= 0.6 is 0 Å². The summed E-state index contributed by atoms with van der Waals surface area (Å²) in [4.78, 5) is 23.6. The second-order valence-corrected chi connectivity index (χ2v) is 9.69. The van der Waals surface area contributed by atoms with E-state index in [2.05, 4.69) is 37.5 Å². The quantitative estimate of drug-likeness (QED) is 0.764. The van der Waals surface area contributed by atoms with Gasteiger partial charge in [-0.1, -0.05) is 32.9 Å². The molecule has 0 spiro atoms. The standard InChI is InChI=1S/C23H35N5O/c1-23(2,3)14-20(29)24-15-16-10-12-17(13-11-16)25-22-26-19-9-7-6-8-18(19)21(27-22)28(4)5/h6-9,16-17H,10-15H2,1-5H3,(H,24,29)(H,25,26,27)/t16-,17+. The van der Waals surface area contributed by atoms with Crippen molar-refractivity contribution in [3.8, 4) is 0 Å². The number of fused-ring (bicyclic) bond motifs is 1. The third-order valence-electron chi connectivity index (χ3n) is 5.47. The zero-order valence-electron chi connectivity index (χ0n) is 18.5. The van der Waals surface area contributed by atoms with E-state index in [1.54, 1.807) is 0 Å². The molecule has 1 aromatic carbocycles. The highest BCUT2D eigenvalue weighted by Crippen LogP contribution is 2.28. The first-order valence-electron chi connectivity index (χ1n) is 10.7. The molecular weight excluding hydrogens is 362 g/mol. The molecule has 29 heavy (non-hydrogen) atoms. The van der Waals surface area contributed by atoms with Gasteiger partial charge >= 0.3 is 0 Å². The maximum absolute atomic E-state index is 12.1. The van der Waals surface area contributed by atoms with Crippen LogP contribution in [0.3, 0.4) is 0 Å². The van der Waals surface area contributed by atoms with Crippen LogP contribution in [-0.2, 0) is 4.79 Å². The molecule has 158 valence electrons. The van der Waals surface area contributed by atoms with Crippen LogP contribution in [0.15, 0.2) is 24.3 Å². The van der Waals surface area contributed by atoms with Crippen molar-refractivity contribution in [1.82, 2.24) is 15.3 Å². The van der Waals surface area contributed by atoms with Gasteiger partial charge in [0.2, 0.25) is 11.9 Å². The Labute approximate surface area is 174 Å². The Morgan fingerprint density at radius 2 is 1.79 bits per heavy atom. The first-order valence-corrected chi connectivity index (χ1v) is 10.7. The van der Waals surface area contributed by atoms with Crippen molar-refractivity contribution in [2.45, 2.75) is 58.9 Å². The Kier molecular flexibility index (Phi) is 6.60. The number of carbonyl (C=O) groups excluding carboxylic acids is 1. The van der Waals surface area contributed by atoms with Crippen LogP contribution in [0.1, 0.15) is 52.9 Å². The molecule has 3 rings (SSSR count). The molecule has 6 nitrogen and oxygen atoms in total. The molecule has 1 heterocycles. The summed E-state index contributed by atoms with van der Waals surface area (Å²) < 4.78 is 0. The van der Waals surface area contributed by atoms with Crippen LogP contribution < -0.4 is 15.5 Å². The molecule has 1 saturated carbocycles. The van der Waals surface area contributed by atoms with Crippen molar-refractivity contribution >= 4 is 28.6 Å². The van der Waals surface area contributed by atoms with Gasteiger partial charge in [-0.05, 0) is 49.1 Å². The van der Waals surface area contributed by atoms with E-state index >= 15 is 0 Å². The molecule has 0 atom stereocenters. The fourth-order valence-electron chi connectivity index (χ4n) is 3.96. The van der Waals surface area contributed by atoms with Gasteiger partial charge in [-0.15, -0.1) is 0 Å². The van der Waals surface area contributed by atoms with Crippen molar-refractivity contribution < 1.29 is 4.79 Å². The molecule has 1 aromatic heterocycles. The summed E-state index contributed by atoms with van der Waals surface area (Å²) in [5.41, 5.74) is 1.00. The third kappa shape index (κ3) is 6.05. The van der Waals surface area contributed by atoms with Crippen LogP contribution in [0.4, 0.5) is 11.8 Å². The number of nitrogens with one attached hydrogen (secondary N) is 2. The Morgan fingerprint density at radius 1 is 1.10 bits per heavy atom. The van der Waals surface area contributed by atoms with Gasteiger partial charge < -0.3 is 15.5 Å². The van der Waals surface area contributed by atoms with E-state index in [1.807, 2.05) is 37.2 Å². The van der Waals surface area contributed by atoms with Gasteiger partial charge in [0.25, 0.3) is 0 Å². The first-order chi connectivity index (χ1) is 13.7. The number of anilines is 2. The first kappa shape index (κ1) is 21.3. The summed E-state index contributed by atoms with van der Waals surface area (Å²) in [6.45, 7) is 7.08. The van der Waals surface area contributed by atoms with Gasteiger partial charge in [0.05, 0.1) is 5.52 Å². The molecule has 0 bridgehead atoms. The lowest BCUT2D eigenvalue weighted by atomic mass is 9.86. The molecule has 2 aromatic rings. The Hall–Kier alpha value is -2.37. The average Bonchev–Trinajstić information content (AvgIpc) is 2.65. The Balaban J connectivity index is 1.54. The molecule has 1 fully saturated rings. The lowest BCUT2D eigenvalue weighted by Gasteiger charge is -2.30. The molecule has 0 unspecified atom stereocenters. The molecule has 1 aliphatic carbocycles. The highest BCUT2D eigenvalue weighted by Gasteiger charge is 2.23. The van der Waals surface area contributed by atoms with Gasteiger partial charge in [-0.3, -0.25) is 4.79 Å². The van der Waals surface area contributed by atoms with Crippen LogP contribution in [0, 0.1) is 11.3 Å². The van der Waals surface area contributed by atoms with Crippen LogP contribution in [0.2, 0.25) is 0 Å². The van der Waals surface area contributed by atoms with Gasteiger partial charge in [0, 0.05) is 38.5 Å². The van der Waals surface area contributed by atoms with Crippen LogP contribution in [0.5, 0.6) is 0 Å². The minimum atomic E-state index is 0.0386. The SMILES string of the molecule is CN(C)c1nc(N[C@H]2CC[C@@H](CNC(=O)CC(C)(C)C)CC2)nc2ccccc12. The van der Waals surface area contributed by atoms with Gasteiger partial charge in [-0.2, -0.15) is 4.98 Å². The minimum Gasteiger partial charge on any atom is -0.362 e. The number of benzene rings is 1. The number of aromatic nitrogens is 2. The summed E-state index contributed by atoms with van der Waals surface area (Å²) in [5.74, 6) is 2.37. The van der Waals surface area contributed by atoms with Crippen LogP contribution in [-0.4, -0.2) is 42.6 Å². The predicted octanol–water partition coefficient (Wildman–Crippen LogP) is 4.22. The number of carbonyl (C=O) groups is 1. The highest BCUT2D eigenvalue weighted by atomic mass is 16.1. The monoisotopic (exact) mass is 397 g/mol. The lowest BCUT2D eigenvalue weighted by Crippen LogP contribution is -2.35. The molecule has 0 aliphatic heterocycles. The van der Waals surface area contributed by atoms with E-state index < -0.39 is 0 Å². The maximum atomic E-state index is 12.1. The van der Waals surface area contributed by atoms with Crippen LogP contribution in [0.25, 0.3) is 10.9 Å². The fourth-order valence-corrected chi connectivity index (χ4v) is 3.96. The number of rotatable bonds is 6. The maximum Gasteiger partial charge on any atom is 0.225 e. The summed E-state index contributed by atoms with van der Waals surface area (Å²) in [6.07, 6.45) is 4.96. The summed E-state index contributed by atoms with van der Waals surface area (Å²) >= 11 is 0. The molecule has 0 saturated heterocycles. The largest absolute Gasteiger partial charge is 0.362 e. The second-order valence-electron chi connectivity index (χ2n) is 9.69. The fraction of sp³-hybridized carbons (Fsp3) is 0.609. The van der Waals surface area contributed by atoms with E-state index in [9.17, 15) is 4.79 Å². The summed E-state index contributed by atoms with van der Waals surface area (Å²) in [7, 11) is 4.02. The third-order valence-corrected chi connectivity index (χ3v) is 5.47. The van der Waals surface area contributed by atoms with Crippen molar-refractivity contribution in [2.75, 3.05) is 30.9 Å². The Bertz CT molecular complexity index is 835. The van der Waals surface area contributed by atoms with Gasteiger partial charge in [0.1, 0.15) is 5.82 Å². The number of amides is 1. The molecular formula is C23H35N5O. The van der Waals surface area contributed by atoms with Gasteiger partial charge in [0.15, 0.2) is 0 Å². The Morgan fingerprint density at radius 3 is 2.45 bits per heavy atom. The predicted molar refractivity (Wildman–Crippen MR) is 120 cm³/mol. The summed E-state index contributed by atoms with van der Waals surface area (Å²) in [5, 5.41) is 7.74. The number of nitrogens with zero attached hydrogens (tertiary/aromatic N) is 3. The normalized spacial score (nSPS) is 19.8. The molecule has 2 N–H and O–H groups in total. The van der Waals surface area contributed by atoms with Crippen molar-refractivity contribution in [1.29, 1.82) is 0 Å². The molecule has 6 heteroatoms. The van der Waals surface area contributed by atoms with E-state index in [0.29, 0.717) is 24.3 Å². The zero-order chi connectivity index (χ0) is 21.0. The molecule has 1 amide bonds. The smallest absolute Gasteiger partial charge is 0.225 e. The number of hydrogen-bond donors (Lipinski definition) is 2. The van der Waals surface area contributed by atoms with E-state index in [0.717, 1.165) is 48.9 Å². The van der Waals surface area contributed by atoms with Gasteiger partial charge in [-0.25, -0.2) is 4.98 Å².